The van der Waals surface area contributed by atoms with Crippen LogP contribution < -0.4 is 5.69 Å². The van der Waals surface area contributed by atoms with Crippen LogP contribution in [0.2, 0.25) is 0 Å². The summed E-state index contributed by atoms with van der Waals surface area (Å²) in [7, 11) is 0. The number of hydrogen-bond acceptors (Lipinski definition) is 3. The average molecular weight is 319 g/mol. The lowest BCUT2D eigenvalue weighted by Crippen LogP contribution is -2.45. The van der Waals surface area contributed by atoms with Gasteiger partial charge in [-0.05, 0) is 43.9 Å². The number of aromatic nitrogens is 2. The zero-order valence-corrected chi connectivity index (χ0v) is 13.1. The van der Waals surface area contributed by atoms with Crippen LogP contribution in [-0.4, -0.2) is 46.8 Å². The first-order valence-corrected chi connectivity index (χ1v) is 8.44. The summed E-state index contributed by atoms with van der Waals surface area (Å²) in [5, 5.41) is 0. The van der Waals surface area contributed by atoms with Crippen molar-refractivity contribution in [3.63, 3.8) is 0 Å². The minimum Gasteiger partial charge on any atom is -0.381 e. The minimum absolute atomic E-state index is 0.130. The number of piperidine rings is 1. The molecule has 4 rings (SSSR count). The lowest BCUT2D eigenvalue weighted by atomic mass is 9.99. The highest BCUT2D eigenvalue weighted by Crippen LogP contribution is 2.28. The van der Waals surface area contributed by atoms with Gasteiger partial charge in [-0.2, -0.15) is 0 Å². The molecule has 0 amide bonds. The predicted molar refractivity (Wildman–Crippen MR) is 86.2 cm³/mol. The quantitative estimate of drug-likeness (QED) is 0.924. The normalized spacial score (nSPS) is 22.0. The van der Waals surface area contributed by atoms with Gasteiger partial charge in [0.15, 0.2) is 0 Å². The lowest BCUT2D eigenvalue weighted by molar-refractivity contribution is 0.0220. The van der Waals surface area contributed by atoms with Crippen LogP contribution in [0.3, 0.4) is 0 Å². The first-order valence-electron chi connectivity index (χ1n) is 8.44. The molecule has 1 aromatic heterocycles. The first-order chi connectivity index (χ1) is 11.2. The fraction of sp³-hybridized carbons (Fsp3) is 0.588. The number of hydrogen-bond donors (Lipinski definition) is 1. The van der Waals surface area contributed by atoms with Crippen LogP contribution in [0, 0.1) is 5.82 Å². The molecule has 2 aliphatic heterocycles. The number of fused-ring (bicyclic) bond motifs is 1. The zero-order valence-electron chi connectivity index (χ0n) is 13.1. The van der Waals surface area contributed by atoms with Crippen molar-refractivity contribution >= 4 is 11.0 Å². The zero-order chi connectivity index (χ0) is 15.8. The number of halogens is 1. The van der Waals surface area contributed by atoms with Crippen molar-refractivity contribution in [3.8, 4) is 0 Å². The van der Waals surface area contributed by atoms with Gasteiger partial charge in [0.25, 0.3) is 0 Å². The van der Waals surface area contributed by atoms with Crippen LogP contribution >= 0.6 is 0 Å². The number of nitrogens with zero attached hydrogens (tertiary/aromatic N) is 2. The Morgan fingerprint density at radius 2 is 1.83 bits per heavy atom. The predicted octanol–water partition coefficient (Wildman–Crippen LogP) is 2.28. The van der Waals surface area contributed by atoms with Gasteiger partial charge in [-0.25, -0.2) is 9.18 Å². The second-order valence-electron chi connectivity index (χ2n) is 6.57. The van der Waals surface area contributed by atoms with E-state index in [1.54, 1.807) is 10.6 Å². The highest BCUT2D eigenvalue weighted by molar-refractivity contribution is 5.75. The van der Waals surface area contributed by atoms with Crippen LogP contribution in [0.4, 0.5) is 4.39 Å². The van der Waals surface area contributed by atoms with Crippen LogP contribution in [0.1, 0.15) is 31.7 Å². The van der Waals surface area contributed by atoms with Gasteiger partial charge >= 0.3 is 5.69 Å². The Morgan fingerprint density at radius 1 is 1.09 bits per heavy atom. The van der Waals surface area contributed by atoms with Gasteiger partial charge in [0.1, 0.15) is 5.82 Å². The molecule has 0 unspecified atom stereocenters. The summed E-state index contributed by atoms with van der Waals surface area (Å²) in [5.74, 6) is -0.301. The number of ether oxygens (including phenoxy) is 1. The highest BCUT2D eigenvalue weighted by atomic mass is 19.1. The average Bonchev–Trinajstić information content (AvgIpc) is 2.91. The van der Waals surface area contributed by atoms with Crippen molar-refractivity contribution < 1.29 is 9.13 Å². The molecule has 3 heterocycles. The number of likely N-dealkylation sites (tertiary alicyclic amines) is 1. The van der Waals surface area contributed by atoms with Gasteiger partial charge in [0.05, 0.1) is 11.0 Å². The number of nitrogens with one attached hydrogen (secondary N) is 1. The van der Waals surface area contributed by atoms with E-state index in [2.05, 4.69) is 9.88 Å². The molecule has 1 N–H and O–H groups in total. The molecule has 23 heavy (non-hydrogen) atoms. The van der Waals surface area contributed by atoms with Crippen molar-refractivity contribution in [1.29, 1.82) is 0 Å². The molecule has 0 spiro atoms. The van der Waals surface area contributed by atoms with Crippen molar-refractivity contribution in [2.45, 2.75) is 37.8 Å². The third kappa shape index (κ3) is 2.81. The Kier molecular flexibility index (Phi) is 3.95. The Labute approximate surface area is 134 Å². The fourth-order valence-electron chi connectivity index (χ4n) is 4.02. The molecule has 2 fully saturated rings. The fourth-order valence-corrected chi connectivity index (χ4v) is 4.02. The number of H-pyrrole nitrogens is 1. The molecule has 0 atom stereocenters. The van der Waals surface area contributed by atoms with Crippen molar-refractivity contribution in [3.05, 3.63) is 34.5 Å². The van der Waals surface area contributed by atoms with Crippen LogP contribution in [0.25, 0.3) is 11.0 Å². The van der Waals surface area contributed by atoms with E-state index in [9.17, 15) is 9.18 Å². The summed E-state index contributed by atoms with van der Waals surface area (Å²) in [5.41, 5.74) is 1.26. The smallest absolute Gasteiger partial charge is 0.326 e. The largest absolute Gasteiger partial charge is 0.381 e. The van der Waals surface area contributed by atoms with Gasteiger partial charge in [0, 0.05) is 38.4 Å². The monoisotopic (exact) mass is 319 g/mol. The minimum atomic E-state index is -0.301. The maximum Gasteiger partial charge on any atom is 0.326 e. The second-order valence-corrected chi connectivity index (χ2v) is 6.57. The molecule has 124 valence electrons. The molecular weight excluding hydrogens is 297 g/mol. The molecular formula is C17H22FN3O2. The number of aromatic amines is 1. The maximum atomic E-state index is 13.5. The Bertz CT molecular complexity index is 740. The molecule has 2 aliphatic rings. The van der Waals surface area contributed by atoms with Gasteiger partial charge in [-0.15, -0.1) is 0 Å². The third-order valence-electron chi connectivity index (χ3n) is 5.25. The highest BCUT2D eigenvalue weighted by Gasteiger charge is 2.28. The van der Waals surface area contributed by atoms with Gasteiger partial charge in [0.2, 0.25) is 0 Å². The Balaban J connectivity index is 1.53. The molecule has 5 nitrogen and oxygen atoms in total. The third-order valence-corrected chi connectivity index (χ3v) is 5.25. The van der Waals surface area contributed by atoms with E-state index in [-0.39, 0.29) is 17.5 Å². The van der Waals surface area contributed by atoms with E-state index in [4.69, 9.17) is 4.74 Å². The van der Waals surface area contributed by atoms with Crippen molar-refractivity contribution in [1.82, 2.24) is 14.5 Å². The second kappa shape index (κ2) is 6.09. The summed E-state index contributed by atoms with van der Waals surface area (Å²) < 4.78 is 20.7. The SMILES string of the molecule is O=c1[nH]c2ccc(F)cc2n1C1CCN(C2CCOCC2)CC1. The van der Waals surface area contributed by atoms with Crippen LogP contribution in [-0.2, 0) is 4.74 Å². The molecule has 2 aromatic rings. The first kappa shape index (κ1) is 14.9. The molecule has 2 saturated heterocycles. The van der Waals surface area contributed by atoms with Crippen LogP contribution in [0.15, 0.2) is 23.0 Å². The molecule has 0 aliphatic carbocycles. The summed E-state index contributed by atoms with van der Waals surface area (Å²) >= 11 is 0. The molecule has 0 bridgehead atoms. The van der Waals surface area contributed by atoms with Gasteiger partial charge in [-0.1, -0.05) is 0 Å². The Morgan fingerprint density at radius 3 is 2.57 bits per heavy atom. The van der Waals surface area contributed by atoms with Crippen LogP contribution in [0.5, 0.6) is 0 Å². The van der Waals surface area contributed by atoms with E-state index >= 15 is 0 Å². The summed E-state index contributed by atoms with van der Waals surface area (Å²) in [6.45, 7) is 3.69. The van der Waals surface area contributed by atoms with Crippen molar-refractivity contribution in [2.75, 3.05) is 26.3 Å². The number of imidazole rings is 1. The van der Waals surface area contributed by atoms with E-state index in [0.717, 1.165) is 52.0 Å². The molecule has 0 saturated carbocycles. The molecule has 6 heteroatoms. The van der Waals surface area contributed by atoms with E-state index < -0.39 is 0 Å². The standard InChI is InChI=1S/C17H22FN3O2/c18-12-1-2-15-16(11-12)21(17(22)19-15)14-3-7-20(8-4-14)13-5-9-23-10-6-13/h1-2,11,13-14H,3-10H2,(H,19,22). The maximum absolute atomic E-state index is 13.5. The summed E-state index contributed by atoms with van der Waals surface area (Å²) in [6, 6.07) is 5.24. The lowest BCUT2D eigenvalue weighted by Gasteiger charge is -2.39. The summed E-state index contributed by atoms with van der Waals surface area (Å²) in [6.07, 6.45) is 4.06. The van der Waals surface area contributed by atoms with Gasteiger partial charge < -0.3 is 14.6 Å². The molecule has 0 radical (unpaired) electrons. The number of rotatable bonds is 2. The van der Waals surface area contributed by atoms with Gasteiger partial charge in [-0.3, -0.25) is 4.57 Å². The molecule has 1 aromatic carbocycles. The van der Waals surface area contributed by atoms with E-state index in [1.807, 2.05) is 0 Å². The Hall–Kier alpha value is -1.66. The van der Waals surface area contributed by atoms with Crippen molar-refractivity contribution in [2.24, 2.45) is 0 Å². The van der Waals surface area contributed by atoms with E-state index in [0.29, 0.717) is 17.1 Å². The number of benzene rings is 1. The van der Waals surface area contributed by atoms with E-state index in [1.165, 1.54) is 12.1 Å². The topological polar surface area (TPSA) is 50.3 Å². The summed E-state index contributed by atoms with van der Waals surface area (Å²) in [4.78, 5) is 17.7.